The lowest BCUT2D eigenvalue weighted by Gasteiger charge is -2.46. The monoisotopic (exact) mass is 351 g/mol. The SMILES string of the molecule is CC(c1ccccc1)N1CCC(CC(C)(C)O)(c2ccccc2)CC1=O. The average molecular weight is 351 g/mol. The molecule has 1 fully saturated rings. The van der Waals surface area contributed by atoms with E-state index in [0.717, 1.165) is 17.5 Å². The quantitative estimate of drug-likeness (QED) is 0.863. The van der Waals surface area contributed by atoms with Crippen molar-refractivity contribution in [1.29, 1.82) is 0 Å². The van der Waals surface area contributed by atoms with Gasteiger partial charge in [-0.05, 0) is 44.7 Å². The number of carbonyl (C=O) groups is 1. The lowest BCUT2D eigenvalue weighted by Crippen LogP contribution is -2.49. The maximum atomic E-state index is 13.1. The average Bonchev–Trinajstić information content (AvgIpc) is 2.61. The molecule has 1 aliphatic rings. The second kappa shape index (κ2) is 7.24. The Kier molecular flexibility index (Phi) is 5.19. The molecule has 0 radical (unpaired) electrons. The van der Waals surface area contributed by atoms with E-state index in [1.54, 1.807) is 0 Å². The fraction of sp³-hybridized carbons (Fsp3) is 0.435. The summed E-state index contributed by atoms with van der Waals surface area (Å²) in [6.45, 7) is 6.47. The fourth-order valence-corrected chi connectivity index (χ4v) is 4.38. The second-order valence-electron chi connectivity index (χ2n) is 8.24. The third kappa shape index (κ3) is 3.99. The number of amides is 1. The van der Waals surface area contributed by atoms with Gasteiger partial charge in [-0.1, -0.05) is 60.7 Å². The number of carbonyl (C=O) groups excluding carboxylic acids is 1. The maximum absolute atomic E-state index is 13.1. The molecule has 0 aromatic heterocycles. The highest BCUT2D eigenvalue weighted by atomic mass is 16.3. The van der Waals surface area contributed by atoms with Crippen molar-refractivity contribution in [1.82, 2.24) is 4.90 Å². The molecule has 0 spiro atoms. The smallest absolute Gasteiger partial charge is 0.223 e. The van der Waals surface area contributed by atoms with Crippen LogP contribution in [0.15, 0.2) is 60.7 Å². The van der Waals surface area contributed by atoms with Gasteiger partial charge in [-0.2, -0.15) is 0 Å². The number of hydrogen-bond acceptors (Lipinski definition) is 2. The van der Waals surface area contributed by atoms with Gasteiger partial charge in [0.1, 0.15) is 0 Å². The first-order valence-corrected chi connectivity index (χ1v) is 9.43. The Morgan fingerprint density at radius 1 is 1.08 bits per heavy atom. The van der Waals surface area contributed by atoms with Crippen LogP contribution in [-0.4, -0.2) is 28.1 Å². The van der Waals surface area contributed by atoms with Crippen molar-refractivity contribution < 1.29 is 9.90 Å². The zero-order valence-corrected chi connectivity index (χ0v) is 16.0. The third-order valence-corrected chi connectivity index (χ3v) is 5.55. The van der Waals surface area contributed by atoms with Crippen molar-refractivity contribution >= 4 is 5.91 Å². The second-order valence-corrected chi connectivity index (χ2v) is 8.24. The van der Waals surface area contributed by atoms with Crippen LogP contribution in [0.1, 0.15) is 57.2 Å². The predicted molar refractivity (Wildman–Crippen MR) is 105 cm³/mol. The summed E-state index contributed by atoms with van der Waals surface area (Å²) in [5.41, 5.74) is 1.20. The van der Waals surface area contributed by atoms with Crippen molar-refractivity contribution in [3.8, 4) is 0 Å². The molecule has 2 aromatic rings. The molecule has 2 atom stereocenters. The van der Waals surface area contributed by atoms with Gasteiger partial charge in [-0.3, -0.25) is 4.79 Å². The number of hydrogen-bond donors (Lipinski definition) is 1. The first-order chi connectivity index (χ1) is 12.3. The highest BCUT2D eigenvalue weighted by Crippen LogP contribution is 2.43. The van der Waals surface area contributed by atoms with Crippen LogP contribution < -0.4 is 0 Å². The van der Waals surface area contributed by atoms with Gasteiger partial charge in [-0.25, -0.2) is 0 Å². The van der Waals surface area contributed by atoms with E-state index < -0.39 is 5.60 Å². The first kappa shape index (κ1) is 18.7. The first-order valence-electron chi connectivity index (χ1n) is 9.43. The summed E-state index contributed by atoms with van der Waals surface area (Å²) >= 11 is 0. The molecule has 3 rings (SSSR count). The van der Waals surface area contributed by atoms with Gasteiger partial charge >= 0.3 is 0 Å². The van der Waals surface area contributed by atoms with Gasteiger partial charge in [-0.15, -0.1) is 0 Å². The zero-order valence-electron chi connectivity index (χ0n) is 16.0. The summed E-state index contributed by atoms with van der Waals surface area (Å²) in [6.07, 6.45) is 1.89. The minimum atomic E-state index is -0.816. The van der Waals surface area contributed by atoms with Crippen LogP contribution in [0.4, 0.5) is 0 Å². The Balaban J connectivity index is 1.86. The van der Waals surface area contributed by atoms with E-state index in [2.05, 4.69) is 31.2 Å². The Morgan fingerprint density at radius 2 is 1.65 bits per heavy atom. The minimum Gasteiger partial charge on any atom is -0.390 e. The van der Waals surface area contributed by atoms with E-state index in [1.165, 1.54) is 0 Å². The molecule has 26 heavy (non-hydrogen) atoms. The van der Waals surface area contributed by atoms with E-state index >= 15 is 0 Å². The van der Waals surface area contributed by atoms with Gasteiger partial charge in [0.05, 0.1) is 11.6 Å². The van der Waals surface area contributed by atoms with Gasteiger partial charge in [0.2, 0.25) is 5.91 Å². The highest BCUT2D eigenvalue weighted by Gasteiger charge is 2.44. The molecule has 3 nitrogen and oxygen atoms in total. The Morgan fingerprint density at radius 3 is 2.19 bits per heavy atom. The molecule has 1 heterocycles. The molecule has 0 bridgehead atoms. The summed E-state index contributed by atoms with van der Waals surface area (Å²) in [4.78, 5) is 15.1. The number of benzene rings is 2. The molecular formula is C23H29NO2. The van der Waals surface area contributed by atoms with Crippen molar-refractivity contribution in [2.45, 2.75) is 57.1 Å². The van der Waals surface area contributed by atoms with Gasteiger partial charge in [0.15, 0.2) is 0 Å². The number of aliphatic hydroxyl groups is 1. The Hall–Kier alpha value is -2.13. The van der Waals surface area contributed by atoms with Crippen molar-refractivity contribution in [2.75, 3.05) is 6.54 Å². The molecule has 1 N–H and O–H groups in total. The summed E-state index contributed by atoms with van der Waals surface area (Å²) in [6, 6.07) is 20.5. The lowest BCUT2D eigenvalue weighted by molar-refractivity contribution is -0.139. The summed E-state index contributed by atoms with van der Waals surface area (Å²) in [7, 11) is 0. The van der Waals surface area contributed by atoms with E-state index in [0.29, 0.717) is 19.4 Å². The summed E-state index contributed by atoms with van der Waals surface area (Å²) in [5, 5.41) is 10.5. The zero-order chi connectivity index (χ0) is 18.8. The molecular weight excluding hydrogens is 322 g/mol. The van der Waals surface area contributed by atoms with E-state index in [4.69, 9.17) is 0 Å². The van der Waals surface area contributed by atoms with E-state index in [1.807, 2.05) is 55.1 Å². The molecule has 138 valence electrons. The van der Waals surface area contributed by atoms with Crippen molar-refractivity contribution in [3.05, 3.63) is 71.8 Å². The number of rotatable bonds is 5. The highest BCUT2D eigenvalue weighted by molar-refractivity contribution is 5.79. The van der Waals surface area contributed by atoms with E-state index in [9.17, 15) is 9.90 Å². The van der Waals surface area contributed by atoms with Crippen LogP contribution in [-0.2, 0) is 10.2 Å². The molecule has 1 saturated heterocycles. The number of nitrogens with zero attached hydrogens (tertiary/aromatic N) is 1. The molecule has 2 unspecified atom stereocenters. The van der Waals surface area contributed by atoms with Crippen molar-refractivity contribution in [2.24, 2.45) is 0 Å². The van der Waals surface area contributed by atoms with Crippen LogP contribution in [0.5, 0.6) is 0 Å². The van der Waals surface area contributed by atoms with Crippen LogP contribution >= 0.6 is 0 Å². The lowest BCUT2D eigenvalue weighted by atomic mass is 9.66. The molecule has 0 saturated carbocycles. The van der Waals surface area contributed by atoms with Crippen LogP contribution in [0.3, 0.4) is 0 Å². The van der Waals surface area contributed by atoms with Crippen molar-refractivity contribution in [3.63, 3.8) is 0 Å². The molecule has 3 heteroatoms. The van der Waals surface area contributed by atoms with E-state index in [-0.39, 0.29) is 17.4 Å². The van der Waals surface area contributed by atoms with Gasteiger partial charge < -0.3 is 10.0 Å². The predicted octanol–water partition coefficient (Wildman–Crippen LogP) is 4.47. The number of likely N-dealkylation sites (tertiary alicyclic amines) is 1. The molecule has 2 aromatic carbocycles. The summed E-state index contributed by atoms with van der Waals surface area (Å²) in [5.74, 6) is 0.167. The number of piperidine rings is 1. The maximum Gasteiger partial charge on any atom is 0.223 e. The normalized spacial score (nSPS) is 22.3. The van der Waals surface area contributed by atoms with Gasteiger partial charge in [0.25, 0.3) is 0 Å². The molecule has 0 aliphatic carbocycles. The third-order valence-electron chi connectivity index (χ3n) is 5.55. The largest absolute Gasteiger partial charge is 0.390 e. The molecule has 1 aliphatic heterocycles. The topological polar surface area (TPSA) is 40.5 Å². The van der Waals surface area contributed by atoms with Gasteiger partial charge in [0, 0.05) is 18.4 Å². The van der Waals surface area contributed by atoms with Crippen LogP contribution in [0.25, 0.3) is 0 Å². The Labute approximate surface area is 156 Å². The minimum absolute atomic E-state index is 0.0691. The van der Waals surface area contributed by atoms with Crippen LogP contribution in [0.2, 0.25) is 0 Å². The molecule has 1 amide bonds. The summed E-state index contributed by atoms with van der Waals surface area (Å²) < 4.78 is 0. The fourth-order valence-electron chi connectivity index (χ4n) is 4.38. The Bertz CT molecular complexity index is 736. The standard InChI is InChI=1S/C23H29NO2/c1-18(19-10-6-4-7-11-19)24-15-14-23(16-21(24)25,17-22(2,3)26)20-12-8-5-9-13-20/h4-13,18,26H,14-17H2,1-3H3. The van der Waals surface area contributed by atoms with Crippen LogP contribution in [0, 0.1) is 0 Å².